The normalized spacial score (nSPS) is 12.0. The van der Waals surface area contributed by atoms with Crippen LogP contribution in [0.25, 0.3) is 86.6 Å². The van der Waals surface area contributed by atoms with E-state index in [9.17, 15) is 0 Å². The van der Waals surface area contributed by atoms with Gasteiger partial charge in [0.25, 0.3) is 0 Å². The van der Waals surface area contributed by atoms with Crippen molar-refractivity contribution in [3.8, 4) is 55.6 Å². The molecule has 0 nitrogen and oxygen atoms in total. The van der Waals surface area contributed by atoms with Crippen molar-refractivity contribution in [3.05, 3.63) is 145 Å². The van der Waals surface area contributed by atoms with Gasteiger partial charge in [-0.3, -0.25) is 0 Å². The van der Waals surface area contributed by atoms with Crippen LogP contribution in [0.4, 0.5) is 0 Å². The Morgan fingerprint density at radius 1 is 0.372 bits per heavy atom. The molecule has 0 saturated carbocycles. The second kappa shape index (κ2) is 9.26. The highest BCUT2D eigenvalue weighted by atomic mass is 32.1. The molecule has 1 heterocycles. The van der Waals surface area contributed by atoms with E-state index < -0.39 is 0 Å². The molecule has 0 amide bonds. The summed E-state index contributed by atoms with van der Waals surface area (Å²) in [6.07, 6.45) is 0. The second-order valence-electron chi connectivity index (χ2n) is 11.8. The lowest BCUT2D eigenvalue weighted by Gasteiger charge is -2.12. The van der Waals surface area contributed by atoms with Crippen LogP contribution in [0, 0.1) is 13.8 Å². The van der Waals surface area contributed by atoms with Crippen LogP contribution in [0.5, 0.6) is 0 Å². The first-order chi connectivity index (χ1) is 21.2. The predicted molar refractivity (Wildman–Crippen MR) is 187 cm³/mol. The predicted octanol–water partition coefficient (Wildman–Crippen LogP) is 12.5. The third-order valence-electron chi connectivity index (χ3n) is 9.34. The van der Waals surface area contributed by atoms with Crippen molar-refractivity contribution in [2.75, 3.05) is 0 Å². The number of fused-ring (bicyclic) bond motifs is 6. The molecule has 1 aliphatic rings. The Hall–Kier alpha value is -4.98. The number of benzene rings is 7. The topological polar surface area (TPSA) is 0 Å². The van der Waals surface area contributed by atoms with Crippen LogP contribution in [0.15, 0.2) is 133 Å². The second-order valence-corrected chi connectivity index (χ2v) is 12.8. The fourth-order valence-corrected chi connectivity index (χ4v) is 8.47. The summed E-state index contributed by atoms with van der Waals surface area (Å²) < 4.78 is 2.69. The minimum absolute atomic E-state index is 1.26. The lowest BCUT2D eigenvalue weighted by Crippen LogP contribution is -1.88. The first kappa shape index (κ1) is 24.6. The number of rotatable bonds is 3. The average molecular weight is 565 g/mol. The van der Waals surface area contributed by atoms with Crippen LogP contribution in [0.2, 0.25) is 0 Å². The molecule has 9 rings (SSSR count). The van der Waals surface area contributed by atoms with Crippen molar-refractivity contribution in [1.29, 1.82) is 0 Å². The number of aryl methyl sites for hydroxylation is 2. The van der Waals surface area contributed by atoms with Crippen LogP contribution < -0.4 is 0 Å². The van der Waals surface area contributed by atoms with E-state index in [1.165, 1.54) is 97.7 Å². The monoisotopic (exact) mass is 564 g/mol. The molecular formula is C42H28S. The van der Waals surface area contributed by atoms with Gasteiger partial charge in [0.2, 0.25) is 0 Å². The Kier molecular flexibility index (Phi) is 5.30. The van der Waals surface area contributed by atoms with E-state index in [2.05, 4.69) is 147 Å². The van der Waals surface area contributed by atoms with Crippen LogP contribution in [0.3, 0.4) is 0 Å². The molecule has 1 aliphatic carbocycles. The molecule has 0 fully saturated rings. The summed E-state index contributed by atoms with van der Waals surface area (Å²) in [5, 5.41) is 5.38. The largest absolute Gasteiger partial charge is 0.135 e. The van der Waals surface area contributed by atoms with Gasteiger partial charge in [-0.25, -0.2) is 0 Å². The van der Waals surface area contributed by atoms with E-state index in [1.807, 2.05) is 11.3 Å². The molecule has 0 atom stereocenters. The van der Waals surface area contributed by atoms with E-state index in [4.69, 9.17) is 0 Å². The average Bonchev–Trinajstić information content (AvgIpc) is 3.59. The van der Waals surface area contributed by atoms with E-state index in [-0.39, 0.29) is 0 Å². The van der Waals surface area contributed by atoms with E-state index in [0.717, 1.165) is 0 Å². The summed E-state index contributed by atoms with van der Waals surface area (Å²) in [5.41, 5.74) is 15.8. The van der Waals surface area contributed by atoms with Gasteiger partial charge < -0.3 is 0 Å². The van der Waals surface area contributed by atoms with Crippen LogP contribution >= 0.6 is 11.3 Å². The van der Waals surface area contributed by atoms with Crippen molar-refractivity contribution in [3.63, 3.8) is 0 Å². The SMILES string of the molecule is Cc1ccccc1-c1cc(-c2ccc3c(c2)sc2c(-c4ccc5c6c(cccc46)-c4ccccc4-5)cccc23)ccc1C. The Labute approximate surface area is 255 Å². The molecule has 0 N–H and O–H groups in total. The molecule has 7 aromatic carbocycles. The summed E-state index contributed by atoms with van der Waals surface area (Å²) >= 11 is 1.92. The van der Waals surface area contributed by atoms with Gasteiger partial charge in [0.15, 0.2) is 0 Å². The maximum Gasteiger partial charge on any atom is 0.0434 e. The highest BCUT2D eigenvalue weighted by Crippen LogP contribution is 2.50. The summed E-state index contributed by atoms with van der Waals surface area (Å²) in [6, 6.07) is 49.7. The van der Waals surface area contributed by atoms with Crippen molar-refractivity contribution in [1.82, 2.24) is 0 Å². The molecule has 0 unspecified atom stereocenters. The molecule has 202 valence electrons. The number of hydrogen-bond acceptors (Lipinski definition) is 1. The molecule has 0 spiro atoms. The molecule has 8 aromatic rings. The van der Waals surface area contributed by atoms with Gasteiger partial charge in [-0.2, -0.15) is 0 Å². The van der Waals surface area contributed by atoms with Crippen LogP contribution in [-0.4, -0.2) is 0 Å². The van der Waals surface area contributed by atoms with Crippen molar-refractivity contribution < 1.29 is 0 Å². The summed E-state index contributed by atoms with van der Waals surface area (Å²) in [5.74, 6) is 0. The van der Waals surface area contributed by atoms with Crippen LogP contribution in [-0.2, 0) is 0 Å². The molecule has 0 bridgehead atoms. The van der Waals surface area contributed by atoms with Crippen molar-refractivity contribution >= 4 is 42.3 Å². The third kappa shape index (κ3) is 3.62. The first-order valence-electron chi connectivity index (χ1n) is 14.9. The first-order valence-corrected chi connectivity index (χ1v) is 15.8. The zero-order valence-corrected chi connectivity index (χ0v) is 24.9. The summed E-state index contributed by atoms with van der Waals surface area (Å²) in [6.45, 7) is 4.41. The molecular weight excluding hydrogens is 537 g/mol. The molecule has 0 radical (unpaired) electrons. The maximum atomic E-state index is 2.39. The van der Waals surface area contributed by atoms with E-state index in [0.29, 0.717) is 0 Å². The lowest BCUT2D eigenvalue weighted by atomic mass is 9.92. The van der Waals surface area contributed by atoms with Gasteiger partial charge in [0.1, 0.15) is 0 Å². The third-order valence-corrected chi connectivity index (χ3v) is 10.5. The van der Waals surface area contributed by atoms with Gasteiger partial charge in [0, 0.05) is 25.7 Å². The van der Waals surface area contributed by atoms with Crippen molar-refractivity contribution in [2.45, 2.75) is 13.8 Å². The van der Waals surface area contributed by atoms with Gasteiger partial charge in [-0.1, -0.05) is 121 Å². The van der Waals surface area contributed by atoms with Gasteiger partial charge in [-0.05, 0) is 98.0 Å². The zero-order valence-electron chi connectivity index (χ0n) is 24.1. The fourth-order valence-electron chi connectivity index (χ4n) is 7.20. The Morgan fingerprint density at radius 3 is 1.79 bits per heavy atom. The molecule has 0 aliphatic heterocycles. The Morgan fingerprint density at radius 2 is 0.977 bits per heavy atom. The standard InChI is InChI=1S/C42H28S/c1-25-9-3-4-10-29(25)39-23-27(18-17-26(39)2)28-19-20-33-38-16-8-15-37(42(38)43-40(33)24-28)32-21-22-36-31-12-6-5-11-30(31)34-13-7-14-35(32)41(34)36/h3-24H,1-2H3. The maximum absolute atomic E-state index is 2.39. The minimum Gasteiger partial charge on any atom is -0.135 e. The quantitative estimate of drug-likeness (QED) is 0.200. The van der Waals surface area contributed by atoms with E-state index in [1.54, 1.807) is 0 Å². The highest BCUT2D eigenvalue weighted by molar-refractivity contribution is 7.26. The molecule has 1 aromatic heterocycles. The molecule has 1 heteroatoms. The molecule has 43 heavy (non-hydrogen) atoms. The summed E-state index contributed by atoms with van der Waals surface area (Å²) in [4.78, 5) is 0. The Bertz CT molecular complexity index is 2390. The number of thiophene rings is 1. The minimum atomic E-state index is 1.26. The number of hydrogen-bond donors (Lipinski definition) is 0. The highest BCUT2D eigenvalue weighted by Gasteiger charge is 2.23. The Balaban J connectivity index is 1.21. The van der Waals surface area contributed by atoms with Gasteiger partial charge >= 0.3 is 0 Å². The zero-order chi connectivity index (χ0) is 28.7. The van der Waals surface area contributed by atoms with Crippen LogP contribution in [0.1, 0.15) is 11.1 Å². The van der Waals surface area contributed by atoms with E-state index >= 15 is 0 Å². The van der Waals surface area contributed by atoms with Gasteiger partial charge in [-0.15, -0.1) is 11.3 Å². The molecule has 0 saturated heterocycles. The smallest absolute Gasteiger partial charge is 0.0434 e. The van der Waals surface area contributed by atoms with Crippen molar-refractivity contribution in [2.24, 2.45) is 0 Å². The lowest BCUT2D eigenvalue weighted by molar-refractivity contribution is 1.41. The summed E-state index contributed by atoms with van der Waals surface area (Å²) in [7, 11) is 0. The van der Waals surface area contributed by atoms with Gasteiger partial charge in [0.05, 0.1) is 0 Å². The fraction of sp³-hybridized carbons (Fsp3) is 0.0476.